The maximum atomic E-state index is 13.0. The van der Waals surface area contributed by atoms with Gasteiger partial charge in [0.2, 0.25) is 0 Å². The van der Waals surface area contributed by atoms with Crippen molar-refractivity contribution in [2.75, 3.05) is 0 Å². The number of rotatable bonds is 4. The molecule has 0 amide bonds. The second-order valence-electron chi connectivity index (χ2n) is 6.17. The molecule has 0 bridgehead atoms. The van der Waals surface area contributed by atoms with E-state index in [1.807, 2.05) is 41.8 Å². The average molecular weight is 311 g/mol. The van der Waals surface area contributed by atoms with Crippen molar-refractivity contribution in [1.82, 2.24) is 4.57 Å². The highest BCUT2D eigenvalue weighted by Crippen LogP contribution is 2.33. The van der Waals surface area contributed by atoms with E-state index in [4.69, 9.17) is 0 Å². The van der Waals surface area contributed by atoms with Gasteiger partial charge in [-0.05, 0) is 45.1 Å². The molecule has 0 radical (unpaired) electrons. The number of carbonyl (C=O) groups excluding carboxylic acids is 1. The third-order valence-electron chi connectivity index (χ3n) is 4.76. The van der Waals surface area contributed by atoms with Crippen LogP contribution in [0.5, 0.6) is 0 Å². The van der Waals surface area contributed by atoms with Gasteiger partial charge in [-0.2, -0.15) is 0 Å². The highest BCUT2D eigenvalue weighted by atomic mass is 16.4. The lowest BCUT2D eigenvalue weighted by molar-refractivity contribution is -0.140. The van der Waals surface area contributed by atoms with E-state index in [9.17, 15) is 14.7 Å². The normalized spacial score (nSPS) is 15.0. The summed E-state index contributed by atoms with van der Waals surface area (Å²) in [5.74, 6) is -0.868. The first-order valence-electron chi connectivity index (χ1n) is 8.07. The summed E-state index contributed by atoms with van der Waals surface area (Å²) < 4.78 is 1.85. The Balaban J connectivity index is 2.18. The third kappa shape index (κ3) is 2.58. The van der Waals surface area contributed by atoms with E-state index in [2.05, 4.69) is 0 Å². The lowest BCUT2D eigenvalue weighted by Crippen LogP contribution is -2.20. The molecule has 4 nitrogen and oxygen atoms in total. The van der Waals surface area contributed by atoms with E-state index in [1.165, 1.54) is 0 Å². The molecule has 120 valence electrons. The average Bonchev–Trinajstić information content (AvgIpc) is 2.86. The summed E-state index contributed by atoms with van der Waals surface area (Å²) in [4.78, 5) is 24.5. The summed E-state index contributed by atoms with van der Waals surface area (Å²) in [5.41, 5.74) is 4.22. The number of carboxylic acid groups (broad SMARTS) is 1. The van der Waals surface area contributed by atoms with Gasteiger partial charge in [0.25, 0.3) is 0 Å². The van der Waals surface area contributed by atoms with Gasteiger partial charge in [-0.3, -0.25) is 4.79 Å². The van der Waals surface area contributed by atoms with Crippen LogP contribution in [0.2, 0.25) is 0 Å². The zero-order valence-electron chi connectivity index (χ0n) is 13.5. The molecule has 1 heterocycles. The molecule has 1 aromatic carbocycles. The molecule has 0 saturated heterocycles. The number of carbonyl (C=O) groups is 2. The van der Waals surface area contributed by atoms with Crippen molar-refractivity contribution < 1.29 is 14.7 Å². The summed E-state index contributed by atoms with van der Waals surface area (Å²) >= 11 is 0. The predicted octanol–water partition coefficient (Wildman–Crippen LogP) is 3.55. The third-order valence-corrected chi connectivity index (χ3v) is 4.76. The standard InChI is InChI=1S/C19H21NO3/c1-12-17(18(21)14-8-4-3-5-9-14)15-10-6-7-11-16(15)20(12)13(2)19(22)23/h3-5,8-9,13H,6-7,10-11H2,1-2H3,(H,22,23). The number of benzene rings is 1. The van der Waals surface area contributed by atoms with Crippen LogP contribution in [0.25, 0.3) is 0 Å². The van der Waals surface area contributed by atoms with Crippen molar-refractivity contribution in [3.63, 3.8) is 0 Å². The van der Waals surface area contributed by atoms with Gasteiger partial charge in [-0.1, -0.05) is 30.3 Å². The molecule has 0 fully saturated rings. The van der Waals surface area contributed by atoms with E-state index in [0.717, 1.165) is 42.6 Å². The maximum absolute atomic E-state index is 13.0. The number of ketones is 1. The van der Waals surface area contributed by atoms with Crippen LogP contribution in [0.4, 0.5) is 0 Å². The Kier molecular flexibility index (Phi) is 4.07. The molecule has 1 unspecified atom stereocenters. The molecule has 2 aromatic rings. The molecule has 0 saturated carbocycles. The van der Waals surface area contributed by atoms with Crippen molar-refractivity contribution in [3.8, 4) is 0 Å². The van der Waals surface area contributed by atoms with Crippen molar-refractivity contribution >= 4 is 11.8 Å². The van der Waals surface area contributed by atoms with Crippen molar-refractivity contribution in [2.24, 2.45) is 0 Å². The first kappa shape index (κ1) is 15.5. The molecule has 4 heteroatoms. The highest BCUT2D eigenvalue weighted by Gasteiger charge is 2.30. The first-order valence-corrected chi connectivity index (χ1v) is 8.07. The number of carboxylic acids is 1. The fraction of sp³-hybridized carbons (Fsp3) is 0.368. The van der Waals surface area contributed by atoms with Gasteiger partial charge < -0.3 is 9.67 Å². The van der Waals surface area contributed by atoms with Gasteiger partial charge in [-0.15, -0.1) is 0 Å². The second-order valence-corrected chi connectivity index (χ2v) is 6.17. The monoisotopic (exact) mass is 311 g/mol. The largest absolute Gasteiger partial charge is 0.480 e. The zero-order valence-corrected chi connectivity index (χ0v) is 13.5. The number of hydrogen-bond donors (Lipinski definition) is 1. The molecule has 1 aliphatic carbocycles. The molecule has 1 N–H and O–H groups in total. The van der Waals surface area contributed by atoms with Crippen LogP contribution in [0.1, 0.15) is 58.7 Å². The zero-order chi connectivity index (χ0) is 16.6. The number of hydrogen-bond acceptors (Lipinski definition) is 2. The predicted molar refractivity (Wildman–Crippen MR) is 88.0 cm³/mol. The molecular formula is C19H21NO3. The Hall–Kier alpha value is -2.36. The van der Waals surface area contributed by atoms with Crippen molar-refractivity contribution in [2.45, 2.75) is 45.6 Å². The molecule has 0 aliphatic heterocycles. The molecule has 1 atom stereocenters. The number of aliphatic carboxylic acids is 1. The highest BCUT2D eigenvalue weighted by molar-refractivity contribution is 6.11. The van der Waals surface area contributed by atoms with E-state index in [0.29, 0.717) is 11.1 Å². The summed E-state index contributed by atoms with van der Waals surface area (Å²) in [7, 11) is 0. The van der Waals surface area contributed by atoms with E-state index < -0.39 is 12.0 Å². The summed E-state index contributed by atoms with van der Waals surface area (Å²) in [6.07, 6.45) is 3.79. The topological polar surface area (TPSA) is 59.3 Å². The first-order chi connectivity index (χ1) is 11.0. The van der Waals surface area contributed by atoms with Crippen LogP contribution in [0, 0.1) is 6.92 Å². The number of aromatic nitrogens is 1. The minimum absolute atomic E-state index is 0.00223. The molecule has 0 spiro atoms. The second kappa shape index (κ2) is 6.03. The Morgan fingerprint density at radius 2 is 1.78 bits per heavy atom. The molecular weight excluding hydrogens is 290 g/mol. The Labute approximate surface area is 135 Å². The maximum Gasteiger partial charge on any atom is 0.326 e. The number of nitrogens with zero attached hydrogens (tertiary/aromatic N) is 1. The minimum Gasteiger partial charge on any atom is -0.480 e. The van der Waals surface area contributed by atoms with E-state index >= 15 is 0 Å². The smallest absolute Gasteiger partial charge is 0.326 e. The fourth-order valence-electron chi connectivity index (χ4n) is 3.64. The van der Waals surface area contributed by atoms with Gasteiger partial charge in [0.05, 0.1) is 0 Å². The summed E-state index contributed by atoms with van der Waals surface area (Å²) in [5, 5.41) is 9.42. The lowest BCUT2D eigenvalue weighted by atomic mass is 9.91. The minimum atomic E-state index is -0.866. The fourth-order valence-corrected chi connectivity index (χ4v) is 3.64. The molecule has 1 aliphatic rings. The Morgan fingerprint density at radius 1 is 1.13 bits per heavy atom. The van der Waals surface area contributed by atoms with Gasteiger partial charge in [-0.25, -0.2) is 4.79 Å². The van der Waals surface area contributed by atoms with Gasteiger partial charge >= 0.3 is 5.97 Å². The van der Waals surface area contributed by atoms with E-state index in [-0.39, 0.29) is 5.78 Å². The van der Waals surface area contributed by atoms with Crippen molar-refractivity contribution in [1.29, 1.82) is 0 Å². The van der Waals surface area contributed by atoms with Crippen LogP contribution in [-0.2, 0) is 17.6 Å². The molecule has 1 aromatic heterocycles. The van der Waals surface area contributed by atoms with Crippen LogP contribution in [0.15, 0.2) is 30.3 Å². The molecule has 3 rings (SSSR count). The Morgan fingerprint density at radius 3 is 2.43 bits per heavy atom. The summed E-state index contributed by atoms with van der Waals surface area (Å²) in [6, 6.07) is 8.57. The van der Waals surface area contributed by atoms with Crippen LogP contribution >= 0.6 is 0 Å². The van der Waals surface area contributed by atoms with Crippen LogP contribution < -0.4 is 0 Å². The van der Waals surface area contributed by atoms with E-state index in [1.54, 1.807) is 6.92 Å². The Bertz CT molecular complexity index is 759. The lowest BCUT2D eigenvalue weighted by Gasteiger charge is -2.19. The molecule has 23 heavy (non-hydrogen) atoms. The van der Waals surface area contributed by atoms with Crippen LogP contribution in [-0.4, -0.2) is 21.4 Å². The van der Waals surface area contributed by atoms with Gasteiger partial charge in [0, 0.05) is 22.5 Å². The SMILES string of the molecule is Cc1c(C(=O)c2ccccc2)c2c(n1C(C)C(=O)O)CCCC2. The van der Waals surface area contributed by atoms with Crippen molar-refractivity contribution in [3.05, 3.63) is 58.4 Å². The van der Waals surface area contributed by atoms with Crippen LogP contribution in [0.3, 0.4) is 0 Å². The summed E-state index contributed by atoms with van der Waals surface area (Å²) in [6.45, 7) is 3.55. The number of fused-ring (bicyclic) bond motifs is 1. The van der Waals surface area contributed by atoms with Gasteiger partial charge in [0.1, 0.15) is 6.04 Å². The van der Waals surface area contributed by atoms with Gasteiger partial charge in [0.15, 0.2) is 5.78 Å². The quantitative estimate of drug-likeness (QED) is 0.878.